The molecule has 2 aromatic heterocycles. The van der Waals surface area contributed by atoms with Gasteiger partial charge in [-0.1, -0.05) is 59.2 Å². The van der Waals surface area contributed by atoms with Gasteiger partial charge in [-0.3, -0.25) is 4.90 Å². The van der Waals surface area contributed by atoms with Crippen molar-refractivity contribution >= 4 is 51.5 Å². The van der Waals surface area contributed by atoms with Crippen molar-refractivity contribution in [1.29, 1.82) is 0 Å². The van der Waals surface area contributed by atoms with E-state index in [-0.39, 0.29) is 6.04 Å². The summed E-state index contributed by atoms with van der Waals surface area (Å²) in [6.45, 7) is 2.01. The molecule has 0 saturated heterocycles. The third kappa shape index (κ3) is 3.76. The molecule has 1 N–H and O–H groups in total. The molecule has 1 aliphatic rings. The number of thiocarbonyl (C=S) groups is 1. The molecule has 5 rings (SSSR count). The number of nitrogens with one attached hydrogen (secondary N) is 1. The van der Waals surface area contributed by atoms with Gasteiger partial charge in [-0.05, 0) is 54.4 Å². The lowest BCUT2D eigenvalue weighted by molar-refractivity contribution is 0.404. The first-order valence-corrected chi connectivity index (χ1v) is 11.3. The van der Waals surface area contributed by atoms with Gasteiger partial charge in [0.2, 0.25) is 5.82 Å². The largest absolute Gasteiger partial charge is 0.351 e. The number of rotatable bonds is 4. The van der Waals surface area contributed by atoms with Gasteiger partial charge in [0.15, 0.2) is 5.11 Å². The van der Waals surface area contributed by atoms with Crippen LogP contribution in [0.1, 0.15) is 24.4 Å². The molecule has 0 bridgehead atoms. The second-order valence-corrected chi connectivity index (χ2v) is 8.78. The van der Waals surface area contributed by atoms with Crippen molar-refractivity contribution in [3.05, 3.63) is 94.3 Å². The van der Waals surface area contributed by atoms with Crippen LogP contribution >= 0.6 is 35.2 Å². The van der Waals surface area contributed by atoms with E-state index in [1.54, 1.807) is 11.3 Å². The molecule has 8 heteroatoms. The van der Waals surface area contributed by atoms with E-state index in [4.69, 9.17) is 33.3 Å². The van der Waals surface area contributed by atoms with Crippen LogP contribution < -0.4 is 10.2 Å². The smallest absolute Gasteiger partial charge is 0.258 e. The number of thiophene rings is 1. The summed E-state index contributed by atoms with van der Waals surface area (Å²) in [6, 6.07) is 21.4. The maximum Gasteiger partial charge on any atom is 0.258 e. The lowest BCUT2D eigenvalue weighted by Gasteiger charge is -2.37. The first-order chi connectivity index (χ1) is 15.1. The molecule has 1 aliphatic heterocycles. The fraction of sp³-hybridized carbons (Fsp3) is 0.0870. The summed E-state index contributed by atoms with van der Waals surface area (Å²) < 4.78 is 5.74. The molecule has 154 valence electrons. The highest BCUT2D eigenvalue weighted by Gasteiger charge is 2.34. The Balaban J connectivity index is 1.67. The normalized spacial score (nSPS) is 16.5. The first-order valence-electron chi connectivity index (χ1n) is 9.61. The Bertz CT molecular complexity index is 1270. The van der Waals surface area contributed by atoms with Crippen molar-refractivity contribution in [3.63, 3.8) is 0 Å². The summed E-state index contributed by atoms with van der Waals surface area (Å²) in [7, 11) is 0. The number of allylic oxidation sites excluding steroid dienone is 1. The highest BCUT2D eigenvalue weighted by molar-refractivity contribution is 7.80. The lowest BCUT2D eigenvalue weighted by atomic mass is 9.94. The van der Waals surface area contributed by atoms with Gasteiger partial charge in [0.05, 0.1) is 16.5 Å². The summed E-state index contributed by atoms with van der Waals surface area (Å²) in [5, 5.41) is 10.9. The van der Waals surface area contributed by atoms with Gasteiger partial charge in [0.1, 0.15) is 0 Å². The number of anilines is 1. The third-order valence-electron chi connectivity index (χ3n) is 5.08. The lowest BCUT2D eigenvalue weighted by Crippen LogP contribution is -2.46. The average molecular weight is 465 g/mol. The van der Waals surface area contributed by atoms with Gasteiger partial charge >= 0.3 is 0 Å². The van der Waals surface area contributed by atoms with Gasteiger partial charge in [0.25, 0.3) is 5.89 Å². The molecular weight excluding hydrogens is 448 g/mol. The Morgan fingerprint density at radius 3 is 2.68 bits per heavy atom. The molecule has 0 amide bonds. The zero-order valence-electron chi connectivity index (χ0n) is 16.4. The average Bonchev–Trinajstić information content (AvgIpc) is 3.46. The molecule has 0 fully saturated rings. The molecule has 0 saturated carbocycles. The standard InChI is InChI=1S/C23H17ClN4OS2/c1-14-19(22-26-21(27-29-22)18-11-6-12-31-18)20(15-7-3-2-4-8-15)25-23(30)28(14)17-10-5-9-16(24)13-17/h2-13,20H,1H3,(H,25,30). The van der Waals surface area contributed by atoms with E-state index >= 15 is 0 Å². The number of nitrogens with zero attached hydrogens (tertiary/aromatic N) is 3. The van der Waals surface area contributed by atoms with Gasteiger partial charge in [-0.2, -0.15) is 4.98 Å². The minimum atomic E-state index is -0.222. The molecule has 1 unspecified atom stereocenters. The van der Waals surface area contributed by atoms with Gasteiger partial charge in [-0.15, -0.1) is 11.3 Å². The van der Waals surface area contributed by atoms with E-state index < -0.39 is 0 Å². The predicted octanol–water partition coefficient (Wildman–Crippen LogP) is 6.32. The predicted molar refractivity (Wildman–Crippen MR) is 129 cm³/mol. The van der Waals surface area contributed by atoms with Crippen molar-refractivity contribution in [2.24, 2.45) is 0 Å². The summed E-state index contributed by atoms with van der Waals surface area (Å²) in [6.07, 6.45) is 0. The molecule has 0 spiro atoms. The number of aromatic nitrogens is 2. The van der Waals surface area contributed by atoms with Crippen molar-refractivity contribution in [3.8, 4) is 10.7 Å². The molecular formula is C23H17ClN4OS2. The fourth-order valence-electron chi connectivity index (χ4n) is 3.68. The van der Waals surface area contributed by atoms with E-state index in [0.29, 0.717) is 21.9 Å². The molecule has 1 atom stereocenters. The second-order valence-electron chi connectivity index (χ2n) is 7.01. The van der Waals surface area contributed by atoms with Crippen molar-refractivity contribution < 1.29 is 4.52 Å². The van der Waals surface area contributed by atoms with Crippen LogP contribution in [0.25, 0.3) is 16.3 Å². The van der Waals surface area contributed by atoms with E-state index in [9.17, 15) is 0 Å². The Morgan fingerprint density at radius 1 is 1.10 bits per heavy atom. The van der Waals surface area contributed by atoms with Crippen LogP contribution in [0.3, 0.4) is 0 Å². The molecule has 5 nitrogen and oxygen atoms in total. The highest BCUT2D eigenvalue weighted by atomic mass is 35.5. The molecule has 31 heavy (non-hydrogen) atoms. The molecule has 3 heterocycles. The monoisotopic (exact) mass is 464 g/mol. The van der Waals surface area contributed by atoms with Crippen molar-refractivity contribution in [1.82, 2.24) is 15.5 Å². The van der Waals surface area contributed by atoms with E-state index in [0.717, 1.165) is 27.4 Å². The zero-order valence-corrected chi connectivity index (χ0v) is 18.8. The van der Waals surface area contributed by atoms with E-state index in [1.165, 1.54) is 0 Å². The summed E-state index contributed by atoms with van der Waals surface area (Å²) >= 11 is 13.6. The molecule has 2 aromatic carbocycles. The number of hydrogen-bond acceptors (Lipinski definition) is 5. The van der Waals surface area contributed by atoms with Crippen molar-refractivity contribution in [2.45, 2.75) is 13.0 Å². The van der Waals surface area contributed by atoms with E-state index in [2.05, 4.69) is 22.6 Å². The van der Waals surface area contributed by atoms with E-state index in [1.807, 2.05) is 71.8 Å². The summed E-state index contributed by atoms with van der Waals surface area (Å²) in [5.41, 5.74) is 3.70. The Labute approximate surface area is 194 Å². The van der Waals surface area contributed by atoms with Crippen LogP contribution in [0, 0.1) is 0 Å². The molecule has 4 aromatic rings. The highest BCUT2D eigenvalue weighted by Crippen LogP contribution is 2.39. The topological polar surface area (TPSA) is 54.2 Å². The summed E-state index contributed by atoms with van der Waals surface area (Å²) in [4.78, 5) is 7.62. The van der Waals surface area contributed by atoms with Crippen LogP contribution in [0.2, 0.25) is 5.02 Å². The maximum absolute atomic E-state index is 6.25. The third-order valence-corrected chi connectivity index (χ3v) is 6.48. The van der Waals surface area contributed by atoms with Crippen LogP contribution in [-0.4, -0.2) is 15.3 Å². The minimum absolute atomic E-state index is 0.222. The SMILES string of the molecule is CC1=C(c2nc(-c3cccs3)no2)C(c2ccccc2)NC(=S)N1c1cccc(Cl)c1. The van der Waals surface area contributed by atoms with Gasteiger partial charge in [0, 0.05) is 16.4 Å². The summed E-state index contributed by atoms with van der Waals surface area (Å²) in [5.74, 6) is 1.02. The maximum atomic E-state index is 6.25. The zero-order chi connectivity index (χ0) is 21.4. The van der Waals surface area contributed by atoms with Gasteiger partial charge in [-0.25, -0.2) is 0 Å². The van der Waals surface area contributed by atoms with Crippen molar-refractivity contribution in [2.75, 3.05) is 4.90 Å². The van der Waals surface area contributed by atoms with Crippen LogP contribution in [-0.2, 0) is 0 Å². The Morgan fingerprint density at radius 2 is 1.94 bits per heavy atom. The Kier molecular flexibility index (Phi) is 5.31. The fourth-order valence-corrected chi connectivity index (χ4v) is 4.87. The first kappa shape index (κ1) is 19.9. The number of hydrogen-bond donors (Lipinski definition) is 1. The molecule has 0 radical (unpaired) electrons. The quantitative estimate of drug-likeness (QED) is 0.357. The molecule has 0 aliphatic carbocycles. The second kappa shape index (κ2) is 8.26. The van der Waals surface area contributed by atoms with Crippen LogP contribution in [0.15, 0.2) is 82.3 Å². The van der Waals surface area contributed by atoms with Crippen LogP contribution in [0.4, 0.5) is 5.69 Å². The van der Waals surface area contributed by atoms with Gasteiger partial charge < -0.3 is 9.84 Å². The van der Waals surface area contributed by atoms with Crippen LogP contribution in [0.5, 0.6) is 0 Å². The number of halogens is 1. The Hall–Kier alpha value is -3.00. The number of benzene rings is 2. The minimum Gasteiger partial charge on any atom is -0.351 e.